The summed E-state index contributed by atoms with van der Waals surface area (Å²) in [7, 11) is 0. The van der Waals surface area contributed by atoms with E-state index in [1.54, 1.807) is 0 Å². The van der Waals surface area contributed by atoms with Gasteiger partial charge in [0.25, 0.3) is 11.5 Å². The second-order valence-corrected chi connectivity index (χ2v) is 6.09. The van der Waals surface area contributed by atoms with E-state index in [4.69, 9.17) is 4.74 Å². The van der Waals surface area contributed by atoms with Crippen LogP contribution in [0.4, 0.5) is 0 Å². The normalized spacial score (nSPS) is 16.4. The molecule has 0 saturated carbocycles. The Morgan fingerprint density at radius 2 is 2.12 bits per heavy atom. The minimum atomic E-state index is -0.331. The number of rotatable bonds is 5. The third-order valence-electron chi connectivity index (χ3n) is 4.28. The Morgan fingerprint density at radius 1 is 1.32 bits per heavy atom. The Bertz CT molecular complexity index is 763. The average molecular weight is 342 g/mol. The maximum Gasteiger partial charge on any atom is 0.271 e. The van der Waals surface area contributed by atoms with Crippen molar-refractivity contribution in [2.24, 2.45) is 0 Å². The number of benzene rings is 1. The van der Waals surface area contributed by atoms with E-state index in [1.165, 1.54) is 17.7 Å². The smallest absolute Gasteiger partial charge is 0.271 e. The van der Waals surface area contributed by atoms with Gasteiger partial charge in [-0.15, -0.1) is 0 Å². The lowest BCUT2D eigenvalue weighted by Crippen LogP contribution is -2.44. The van der Waals surface area contributed by atoms with Crippen molar-refractivity contribution in [3.63, 3.8) is 0 Å². The third kappa shape index (κ3) is 4.52. The molecular weight excluding hydrogens is 320 g/mol. The molecule has 1 aliphatic rings. The molecular formula is C18H22N4O3. The van der Waals surface area contributed by atoms with E-state index >= 15 is 0 Å². The first-order chi connectivity index (χ1) is 12.1. The van der Waals surface area contributed by atoms with Gasteiger partial charge in [-0.3, -0.25) is 14.5 Å². The molecule has 1 saturated heterocycles. The minimum Gasteiger partial charge on any atom is -0.379 e. The van der Waals surface area contributed by atoms with Crippen molar-refractivity contribution in [3.8, 4) is 0 Å². The molecule has 1 aromatic heterocycles. The number of carbonyl (C=O) groups is 1. The number of H-pyrrole nitrogens is 1. The molecule has 0 unspecified atom stereocenters. The predicted molar refractivity (Wildman–Crippen MR) is 93.5 cm³/mol. The van der Waals surface area contributed by atoms with Gasteiger partial charge in [0.15, 0.2) is 0 Å². The number of amides is 1. The summed E-state index contributed by atoms with van der Waals surface area (Å²) in [5.41, 5.74) is 2.22. The van der Waals surface area contributed by atoms with E-state index < -0.39 is 0 Å². The van der Waals surface area contributed by atoms with E-state index in [-0.39, 0.29) is 23.2 Å². The fraction of sp³-hybridized carbons (Fsp3) is 0.389. The number of nitrogens with one attached hydrogen (secondary N) is 2. The van der Waals surface area contributed by atoms with Crippen molar-refractivity contribution in [2.45, 2.75) is 13.0 Å². The van der Waals surface area contributed by atoms with Crippen molar-refractivity contribution in [2.75, 3.05) is 32.8 Å². The van der Waals surface area contributed by atoms with Gasteiger partial charge in [-0.25, -0.2) is 5.10 Å². The topological polar surface area (TPSA) is 87.3 Å². The monoisotopic (exact) mass is 342 g/mol. The molecule has 132 valence electrons. The number of aromatic amines is 1. The zero-order valence-electron chi connectivity index (χ0n) is 14.2. The molecule has 3 rings (SSSR count). The highest BCUT2D eigenvalue weighted by atomic mass is 16.5. The highest BCUT2D eigenvalue weighted by Gasteiger charge is 2.23. The van der Waals surface area contributed by atoms with Gasteiger partial charge < -0.3 is 10.1 Å². The summed E-state index contributed by atoms with van der Waals surface area (Å²) in [5.74, 6) is -0.304. The number of nitrogens with zero attached hydrogens (tertiary/aromatic N) is 2. The minimum absolute atomic E-state index is 0.0653. The van der Waals surface area contributed by atoms with Crippen molar-refractivity contribution in [1.29, 1.82) is 0 Å². The van der Waals surface area contributed by atoms with Crippen LogP contribution < -0.4 is 10.9 Å². The summed E-state index contributed by atoms with van der Waals surface area (Å²) in [5, 5.41) is 8.98. The fourth-order valence-corrected chi connectivity index (χ4v) is 2.98. The van der Waals surface area contributed by atoms with Gasteiger partial charge in [-0.2, -0.15) is 5.10 Å². The number of hydrogen-bond acceptors (Lipinski definition) is 5. The average Bonchev–Trinajstić information content (AvgIpc) is 2.63. The van der Waals surface area contributed by atoms with Crippen molar-refractivity contribution in [1.82, 2.24) is 20.4 Å². The number of aryl methyl sites for hydroxylation is 1. The fourth-order valence-electron chi connectivity index (χ4n) is 2.98. The molecule has 25 heavy (non-hydrogen) atoms. The Kier molecular flexibility index (Phi) is 5.57. The van der Waals surface area contributed by atoms with Crippen LogP contribution in [0, 0.1) is 6.92 Å². The largest absolute Gasteiger partial charge is 0.379 e. The summed E-state index contributed by atoms with van der Waals surface area (Å²) in [4.78, 5) is 25.7. The molecule has 1 fully saturated rings. The number of carbonyl (C=O) groups excluding carboxylic acids is 1. The van der Waals surface area contributed by atoms with E-state index in [0.29, 0.717) is 19.8 Å². The Balaban J connectivity index is 1.74. The van der Waals surface area contributed by atoms with E-state index in [0.717, 1.165) is 18.7 Å². The molecule has 1 aromatic carbocycles. The lowest BCUT2D eigenvalue weighted by Gasteiger charge is -2.35. The first-order valence-corrected chi connectivity index (χ1v) is 8.36. The second-order valence-electron chi connectivity index (χ2n) is 6.09. The Labute approximate surface area is 146 Å². The summed E-state index contributed by atoms with van der Waals surface area (Å²) in [6.07, 6.45) is 0. The van der Waals surface area contributed by atoms with Gasteiger partial charge in [-0.1, -0.05) is 29.8 Å². The molecule has 1 aliphatic heterocycles. The van der Waals surface area contributed by atoms with Gasteiger partial charge in [0.05, 0.1) is 19.3 Å². The molecule has 0 bridgehead atoms. The van der Waals surface area contributed by atoms with Crippen LogP contribution in [0.1, 0.15) is 27.7 Å². The number of aromatic nitrogens is 2. The van der Waals surface area contributed by atoms with Crippen LogP contribution in [0.5, 0.6) is 0 Å². The van der Waals surface area contributed by atoms with Gasteiger partial charge in [0.2, 0.25) is 0 Å². The van der Waals surface area contributed by atoms with Gasteiger partial charge >= 0.3 is 0 Å². The molecule has 7 heteroatoms. The SMILES string of the molecule is Cc1cccc([C@H](CNC(=O)c2ccc(=O)[nH]n2)N2CCOCC2)c1. The molecule has 0 radical (unpaired) electrons. The second kappa shape index (κ2) is 8.04. The highest BCUT2D eigenvalue weighted by Crippen LogP contribution is 2.22. The maximum absolute atomic E-state index is 12.3. The number of morpholine rings is 1. The van der Waals surface area contributed by atoms with Gasteiger partial charge in [-0.05, 0) is 18.6 Å². The highest BCUT2D eigenvalue weighted by molar-refractivity contribution is 5.91. The Hall–Kier alpha value is -2.51. The molecule has 1 amide bonds. The zero-order chi connectivity index (χ0) is 17.6. The predicted octanol–water partition coefficient (Wildman–Crippen LogP) is 0.882. The molecule has 2 N–H and O–H groups in total. The van der Waals surface area contributed by atoms with E-state index in [1.807, 2.05) is 6.07 Å². The van der Waals surface area contributed by atoms with Gasteiger partial charge in [0, 0.05) is 25.7 Å². The molecule has 7 nitrogen and oxygen atoms in total. The lowest BCUT2D eigenvalue weighted by atomic mass is 10.0. The van der Waals surface area contributed by atoms with E-state index in [2.05, 4.69) is 45.5 Å². The third-order valence-corrected chi connectivity index (χ3v) is 4.28. The standard InChI is InChI=1S/C18H22N4O3/c1-13-3-2-4-14(11-13)16(22-7-9-25-10-8-22)12-19-18(24)15-5-6-17(23)21-20-15/h2-6,11,16H,7-10,12H2,1H3,(H,19,24)(H,21,23)/t16-/m0/s1. The van der Waals surface area contributed by atoms with Crippen LogP contribution in [0.3, 0.4) is 0 Å². The lowest BCUT2D eigenvalue weighted by molar-refractivity contribution is 0.0162. The zero-order valence-corrected chi connectivity index (χ0v) is 14.2. The first kappa shape index (κ1) is 17.3. The van der Waals surface area contributed by atoms with E-state index in [9.17, 15) is 9.59 Å². The number of hydrogen-bond donors (Lipinski definition) is 2. The molecule has 2 heterocycles. The molecule has 1 atom stereocenters. The quantitative estimate of drug-likeness (QED) is 0.842. The first-order valence-electron chi connectivity index (χ1n) is 8.36. The Morgan fingerprint density at radius 3 is 2.80 bits per heavy atom. The van der Waals surface area contributed by atoms with Crippen LogP contribution in [0.15, 0.2) is 41.2 Å². The summed E-state index contributed by atoms with van der Waals surface area (Å²) in [6.45, 7) is 5.55. The van der Waals surface area contributed by atoms with Crippen LogP contribution in [0.25, 0.3) is 0 Å². The van der Waals surface area contributed by atoms with Crippen molar-refractivity contribution in [3.05, 3.63) is 63.6 Å². The molecule has 2 aromatic rings. The van der Waals surface area contributed by atoms with Crippen molar-refractivity contribution >= 4 is 5.91 Å². The summed E-state index contributed by atoms with van der Waals surface area (Å²) in [6, 6.07) is 11.1. The maximum atomic E-state index is 12.3. The molecule has 0 aliphatic carbocycles. The summed E-state index contributed by atoms with van der Waals surface area (Å²) < 4.78 is 5.44. The van der Waals surface area contributed by atoms with Gasteiger partial charge in [0.1, 0.15) is 5.69 Å². The number of ether oxygens (including phenoxy) is 1. The van der Waals surface area contributed by atoms with Crippen molar-refractivity contribution < 1.29 is 9.53 Å². The summed E-state index contributed by atoms with van der Waals surface area (Å²) >= 11 is 0. The van der Waals surface area contributed by atoms with Crippen LogP contribution >= 0.6 is 0 Å². The van der Waals surface area contributed by atoms with Crippen LogP contribution in [0.2, 0.25) is 0 Å². The van der Waals surface area contributed by atoms with Crippen LogP contribution in [-0.4, -0.2) is 53.9 Å². The molecule has 0 spiro atoms. The van der Waals surface area contributed by atoms with Crippen LogP contribution in [-0.2, 0) is 4.74 Å².